The summed E-state index contributed by atoms with van der Waals surface area (Å²) in [5.74, 6) is -2.42. The van der Waals surface area contributed by atoms with Gasteiger partial charge in [-0.05, 0) is 12.1 Å². The topological polar surface area (TPSA) is 95.9 Å². The Morgan fingerprint density at radius 1 is 1.41 bits per heavy atom. The monoisotopic (exact) mass is 308 g/mol. The highest BCUT2D eigenvalue weighted by atomic mass is 19.1. The molecule has 0 atom stereocenters. The first-order valence-corrected chi connectivity index (χ1v) is 6.35. The van der Waals surface area contributed by atoms with Gasteiger partial charge in [0.05, 0.1) is 18.8 Å². The van der Waals surface area contributed by atoms with Gasteiger partial charge in [-0.25, -0.2) is 4.39 Å². The number of esters is 1. The Morgan fingerprint density at radius 3 is 2.77 bits per heavy atom. The van der Waals surface area contributed by atoms with Gasteiger partial charge in [-0.1, -0.05) is 0 Å². The number of amides is 2. The minimum absolute atomic E-state index is 0.0981. The van der Waals surface area contributed by atoms with Crippen LogP contribution >= 0.6 is 0 Å². The maximum atomic E-state index is 13.7. The van der Waals surface area contributed by atoms with E-state index in [1.807, 2.05) is 0 Å². The predicted octanol–water partition coefficient (Wildman–Crippen LogP) is 0.408. The second-order valence-electron chi connectivity index (χ2n) is 4.44. The number of carbonyl (C=O) groups excluding carboxylic acids is 3. The lowest BCUT2D eigenvalue weighted by molar-refractivity contribution is -0.137. The highest BCUT2D eigenvalue weighted by Crippen LogP contribution is 2.24. The summed E-state index contributed by atoms with van der Waals surface area (Å²) in [4.78, 5) is 35.2. The molecule has 1 aromatic rings. The molecule has 0 aliphatic carbocycles. The lowest BCUT2D eigenvalue weighted by Gasteiger charge is -2.14. The minimum Gasteiger partial charge on any atom is -0.427 e. The zero-order valence-corrected chi connectivity index (χ0v) is 11.6. The van der Waals surface area contributed by atoms with Crippen molar-refractivity contribution in [2.75, 3.05) is 18.5 Å². The normalized spacial score (nSPS) is 14.1. The molecule has 116 valence electrons. The van der Waals surface area contributed by atoms with E-state index in [1.54, 1.807) is 0 Å². The van der Waals surface area contributed by atoms with Crippen molar-refractivity contribution >= 4 is 23.5 Å². The van der Waals surface area contributed by atoms with Gasteiger partial charge in [0.1, 0.15) is 17.3 Å². The van der Waals surface area contributed by atoms with Gasteiger partial charge in [0.25, 0.3) is 11.8 Å². The smallest absolute Gasteiger partial charge is 0.308 e. The lowest BCUT2D eigenvalue weighted by Crippen LogP contribution is -2.34. The van der Waals surface area contributed by atoms with E-state index in [2.05, 4.69) is 5.32 Å². The van der Waals surface area contributed by atoms with Crippen molar-refractivity contribution in [3.63, 3.8) is 0 Å². The fourth-order valence-electron chi connectivity index (χ4n) is 1.88. The number of β-amino-alcohol motifs (C(OH)–C–C–N with tert-alkyl or cyclic N) is 1. The number of imide groups is 1. The molecule has 2 amide bonds. The third-order valence-electron chi connectivity index (χ3n) is 2.80. The van der Waals surface area contributed by atoms with E-state index >= 15 is 0 Å². The molecule has 0 unspecified atom stereocenters. The van der Waals surface area contributed by atoms with Crippen LogP contribution in [0.5, 0.6) is 5.75 Å². The van der Waals surface area contributed by atoms with Crippen molar-refractivity contribution in [2.24, 2.45) is 0 Å². The second kappa shape index (κ2) is 6.35. The molecule has 2 N–H and O–H groups in total. The van der Waals surface area contributed by atoms with E-state index in [1.165, 1.54) is 19.1 Å². The first-order valence-electron chi connectivity index (χ1n) is 6.35. The number of anilines is 1. The molecule has 0 fully saturated rings. The van der Waals surface area contributed by atoms with Crippen LogP contribution < -0.4 is 10.1 Å². The molecule has 0 aromatic heterocycles. The van der Waals surface area contributed by atoms with Crippen LogP contribution in [0.3, 0.4) is 0 Å². The number of aliphatic hydroxyl groups is 1. The first-order chi connectivity index (χ1) is 10.4. The highest BCUT2D eigenvalue weighted by Gasteiger charge is 2.31. The molecule has 0 spiro atoms. The van der Waals surface area contributed by atoms with E-state index in [0.29, 0.717) is 0 Å². The van der Waals surface area contributed by atoms with Crippen LogP contribution in [0.25, 0.3) is 0 Å². The van der Waals surface area contributed by atoms with Gasteiger partial charge >= 0.3 is 5.97 Å². The van der Waals surface area contributed by atoms with Gasteiger partial charge in [-0.3, -0.25) is 19.3 Å². The maximum absolute atomic E-state index is 13.7. The summed E-state index contributed by atoms with van der Waals surface area (Å²) in [7, 11) is 0. The Labute approximate surface area is 125 Å². The van der Waals surface area contributed by atoms with Gasteiger partial charge in [-0.15, -0.1) is 0 Å². The van der Waals surface area contributed by atoms with Gasteiger partial charge in [-0.2, -0.15) is 0 Å². The number of rotatable bonds is 5. The standard InChI is InChI=1S/C14H13FN2O5/c1-8(19)22-9-2-3-10(15)11(6-9)16-12-7-13(20)17(4-5-18)14(12)21/h2-3,6-7,16,18H,4-5H2,1H3. The molecule has 1 aliphatic rings. The molecular weight excluding hydrogens is 295 g/mol. The molecule has 0 bridgehead atoms. The van der Waals surface area contributed by atoms with Crippen LogP contribution in [-0.2, 0) is 14.4 Å². The van der Waals surface area contributed by atoms with E-state index in [9.17, 15) is 18.8 Å². The average molecular weight is 308 g/mol. The SMILES string of the molecule is CC(=O)Oc1ccc(F)c(NC2=CC(=O)N(CCO)C2=O)c1. The molecule has 1 aliphatic heterocycles. The largest absolute Gasteiger partial charge is 0.427 e. The van der Waals surface area contributed by atoms with Crippen LogP contribution in [-0.4, -0.2) is 40.9 Å². The first kappa shape index (κ1) is 15.6. The van der Waals surface area contributed by atoms with Crippen molar-refractivity contribution in [1.82, 2.24) is 4.90 Å². The van der Waals surface area contributed by atoms with E-state index in [-0.39, 0.29) is 30.3 Å². The summed E-state index contributed by atoms with van der Waals surface area (Å²) in [6, 6.07) is 3.52. The van der Waals surface area contributed by atoms with Crippen LogP contribution in [0.2, 0.25) is 0 Å². The Bertz CT molecular complexity index is 671. The summed E-state index contributed by atoms with van der Waals surface area (Å²) in [5, 5.41) is 11.3. The predicted molar refractivity (Wildman–Crippen MR) is 73.2 cm³/mol. The maximum Gasteiger partial charge on any atom is 0.308 e. The van der Waals surface area contributed by atoms with Gasteiger partial charge in [0, 0.05) is 19.1 Å². The van der Waals surface area contributed by atoms with Crippen LogP contribution in [0.1, 0.15) is 6.92 Å². The van der Waals surface area contributed by atoms with Crippen molar-refractivity contribution in [2.45, 2.75) is 6.92 Å². The minimum atomic E-state index is -0.683. The van der Waals surface area contributed by atoms with Crippen molar-refractivity contribution in [3.05, 3.63) is 35.8 Å². The summed E-state index contributed by atoms with van der Waals surface area (Å²) >= 11 is 0. The molecule has 1 aromatic carbocycles. The summed E-state index contributed by atoms with van der Waals surface area (Å²) in [6.45, 7) is 0.690. The fraction of sp³-hybridized carbons (Fsp3) is 0.214. The number of hydrogen-bond donors (Lipinski definition) is 2. The van der Waals surface area contributed by atoms with Gasteiger partial charge in [0.15, 0.2) is 0 Å². The number of aliphatic hydroxyl groups excluding tert-OH is 1. The van der Waals surface area contributed by atoms with Crippen molar-refractivity contribution < 1.29 is 28.6 Å². The lowest BCUT2D eigenvalue weighted by atomic mass is 10.2. The Balaban J connectivity index is 2.20. The fourth-order valence-corrected chi connectivity index (χ4v) is 1.88. The summed E-state index contributed by atoms with van der Waals surface area (Å²) in [6.07, 6.45) is 1.01. The van der Waals surface area contributed by atoms with E-state index in [4.69, 9.17) is 9.84 Å². The third kappa shape index (κ3) is 3.29. The number of halogens is 1. The molecule has 8 heteroatoms. The summed E-state index contributed by atoms with van der Waals surface area (Å²) in [5.41, 5.74) is -0.241. The summed E-state index contributed by atoms with van der Waals surface area (Å²) < 4.78 is 18.6. The molecule has 0 radical (unpaired) electrons. The van der Waals surface area contributed by atoms with Crippen LogP contribution in [0, 0.1) is 5.82 Å². The second-order valence-corrected chi connectivity index (χ2v) is 4.44. The number of nitrogens with one attached hydrogen (secondary N) is 1. The Morgan fingerprint density at radius 2 is 2.14 bits per heavy atom. The molecular formula is C14H13FN2O5. The van der Waals surface area contributed by atoms with Crippen molar-refractivity contribution in [1.29, 1.82) is 0 Å². The third-order valence-corrected chi connectivity index (χ3v) is 2.80. The molecule has 2 rings (SSSR count). The van der Waals surface area contributed by atoms with Crippen LogP contribution in [0.4, 0.5) is 10.1 Å². The Hall–Kier alpha value is -2.74. The molecule has 0 saturated carbocycles. The zero-order chi connectivity index (χ0) is 16.3. The highest BCUT2D eigenvalue weighted by molar-refractivity contribution is 6.17. The quantitative estimate of drug-likeness (QED) is 0.464. The number of benzene rings is 1. The van der Waals surface area contributed by atoms with E-state index < -0.39 is 23.6 Å². The molecule has 22 heavy (non-hydrogen) atoms. The Kier molecular flexibility index (Phi) is 4.52. The number of ether oxygens (including phenoxy) is 1. The number of nitrogens with zero attached hydrogens (tertiary/aromatic N) is 1. The average Bonchev–Trinajstić information content (AvgIpc) is 2.70. The molecule has 7 nitrogen and oxygen atoms in total. The van der Waals surface area contributed by atoms with Gasteiger partial charge in [0.2, 0.25) is 0 Å². The number of hydrogen-bond acceptors (Lipinski definition) is 6. The van der Waals surface area contributed by atoms with Gasteiger partial charge < -0.3 is 15.2 Å². The molecule has 0 saturated heterocycles. The zero-order valence-electron chi connectivity index (χ0n) is 11.6. The van der Waals surface area contributed by atoms with Crippen LogP contribution in [0.15, 0.2) is 30.0 Å². The molecule has 1 heterocycles. The van der Waals surface area contributed by atoms with Crippen molar-refractivity contribution in [3.8, 4) is 5.75 Å². The number of carbonyl (C=O) groups is 3. The van der Waals surface area contributed by atoms with E-state index in [0.717, 1.165) is 17.0 Å².